The standard InChI is InChI=1S/C22H21N3OS2/c1-4-24-14-15(18-7-5-6-8-19(18)24)13-20-21(26)25(22(27)28-20)17-11-9-16(10-12-17)23(2)3/h5-14H,4H2,1-3H3/b20-13-. The molecular weight excluding hydrogens is 386 g/mol. The summed E-state index contributed by atoms with van der Waals surface area (Å²) in [7, 11) is 3.98. The summed E-state index contributed by atoms with van der Waals surface area (Å²) in [5, 5.41) is 1.14. The third kappa shape index (κ3) is 3.23. The van der Waals surface area contributed by atoms with Gasteiger partial charge in [0.05, 0.1) is 10.6 Å². The molecular formula is C22H21N3OS2. The summed E-state index contributed by atoms with van der Waals surface area (Å²) in [6, 6.07) is 16.1. The second-order valence-corrected chi connectivity index (χ2v) is 8.49. The normalized spacial score (nSPS) is 15.8. The third-order valence-corrected chi connectivity index (χ3v) is 6.17. The molecule has 0 radical (unpaired) electrons. The molecule has 1 saturated heterocycles. The van der Waals surface area contributed by atoms with E-state index in [1.54, 1.807) is 4.90 Å². The van der Waals surface area contributed by atoms with Crippen LogP contribution in [-0.2, 0) is 11.3 Å². The fourth-order valence-electron chi connectivity index (χ4n) is 3.38. The number of aryl methyl sites for hydroxylation is 1. The van der Waals surface area contributed by atoms with Crippen LogP contribution in [-0.4, -0.2) is 28.9 Å². The van der Waals surface area contributed by atoms with Gasteiger partial charge in [0, 0.05) is 49.0 Å². The molecule has 2 aromatic carbocycles. The molecule has 0 bridgehead atoms. The summed E-state index contributed by atoms with van der Waals surface area (Å²) >= 11 is 6.87. The van der Waals surface area contributed by atoms with Gasteiger partial charge in [0.2, 0.25) is 0 Å². The highest BCUT2D eigenvalue weighted by Crippen LogP contribution is 2.37. The summed E-state index contributed by atoms with van der Waals surface area (Å²) in [5.41, 5.74) is 4.09. The Labute approximate surface area is 174 Å². The first-order chi connectivity index (χ1) is 13.5. The molecule has 28 heavy (non-hydrogen) atoms. The van der Waals surface area contributed by atoms with Crippen LogP contribution in [0.4, 0.5) is 11.4 Å². The third-order valence-electron chi connectivity index (χ3n) is 4.86. The van der Waals surface area contributed by atoms with Gasteiger partial charge in [-0.3, -0.25) is 9.69 Å². The van der Waals surface area contributed by atoms with Crippen LogP contribution in [0, 0.1) is 0 Å². The lowest BCUT2D eigenvalue weighted by Crippen LogP contribution is -2.27. The van der Waals surface area contributed by atoms with E-state index >= 15 is 0 Å². The van der Waals surface area contributed by atoms with Crippen LogP contribution >= 0.6 is 24.0 Å². The maximum Gasteiger partial charge on any atom is 0.270 e. The van der Waals surface area contributed by atoms with Crippen molar-refractivity contribution in [1.29, 1.82) is 0 Å². The van der Waals surface area contributed by atoms with Gasteiger partial charge in [-0.1, -0.05) is 42.2 Å². The predicted molar refractivity (Wildman–Crippen MR) is 124 cm³/mol. The van der Waals surface area contributed by atoms with E-state index in [4.69, 9.17) is 12.2 Å². The van der Waals surface area contributed by atoms with Gasteiger partial charge in [-0.25, -0.2) is 0 Å². The van der Waals surface area contributed by atoms with Crippen molar-refractivity contribution < 1.29 is 4.79 Å². The van der Waals surface area contributed by atoms with Crippen molar-refractivity contribution in [2.24, 2.45) is 0 Å². The number of rotatable bonds is 4. The minimum atomic E-state index is -0.0686. The number of para-hydroxylation sites is 1. The van der Waals surface area contributed by atoms with E-state index < -0.39 is 0 Å². The molecule has 6 heteroatoms. The molecule has 2 heterocycles. The number of fused-ring (bicyclic) bond motifs is 1. The zero-order valence-electron chi connectivity index (χ0n) is 16.0. The second kappa shape index (κ2) is 7.45. The van der Waals surface area contributed by atoms with Crippen LogP contribution in [0.2, 0.25) is 0 Å². The lowest BCUT2D eigenvalue weighted by Gasteiger charge is -2.17. The van der Waals surface area contributed by atoms with Crippen molar-refractivity contribution in [1.82, 2.24) is 4.57 Å². The van der Waals surface area contributed by atoms with Crippen molar-refractivity contribution >= 4 is 62.6 Å². The van der Waals surface area contributed by atoms with Crippen molar-refractivity contribution in [2.75, 3.05) is 23.9 Å². The van der Waals surface area contributed by atoms with Gasteiger partial charge in [-0.2, -0.15) is 0 Å². The predicted octanol–water partition coefficient (Wildman–Crippen LogP) is 5.13. The summed E-state index contributed by atoms with van der Waals surface area (Å²) in [5.74, 6) is -0.0686. The quantitative estimate of drug-likeness (QED) is 0.443. The zero-order valence-corrected chi connectivity index (χ0v) is 17.7. The van der Waals surface area contributed by atoms with E-state index in [1.807, 2.05) is 61.5 Å². The first-order valence-electron chi connectivity index (χ1n) is 9.13. The number of amides is 1. The minimum absolute atomic E-state index is 0.0686. The number of nitrogens with zero attached hydrogens (tertiary/aromatic N) is 3. The van der Waals surface area contributed by atoms with Crippen molar-refractivity contribution in [2.45, 2.75) is 13.5 Å². The number of carbonyl (C=O) groups is 1. The highest BCUT2D eigenvalue weighted by molar-refractivity contribution is 8.27. The molecule has 1 aliphatic heterocycles. The Morgan fingerprint density at radius 1 is 1.11 bits per heavy atom. The number of benzene rings is 2. The molecule has 4 rings (SSSR count). The van der Waals surface area contributed by atoms with Crippen LogP contribution in [0.1, 0.15) is 12.5 Å². The van der Waals surface area contributed by atoms with Gasteiger partial charge in [0.1, 0.15) is 0 Å². The van der Waals surface area contributed by atoms with Gasteiger partial charge in [0.25, 0.3) is 5.91 Å². The Hall–Kier alpha value is -2.57. The summed E-state index contributed by atoms with van der Waals surface area (Å²) < 4.78 is 2.76. The molecule has 1 fully saturated rings. The Bertz CT molecular complexity index is 1100. The number of hydrogen-bond acceptors (Lipinski definition) is 4. The molecule has 1 aliphatic rings. The van der Waals surface area contributed by atoms with Crippen LogP contribution in [0.5, 0.6) is 0 Å². The molecule has 0 spiro atoms. The van der Waals surface area contributed by atoms with Crippen LogP contribution in [0.3, 0.4) is 0 Å². The van der Waals surface area contributed by atoms with E-state index in [-0.39, 0.29) is 5.91 Å². The average molecular weight is 408 g/mol. The zero-order chi connectivity index (χ0) is 19.8. The number of thioether (sulfide) groups is 1. The van der Waals surface area contributed by atoms with Gasteiger partial charge >= 0.3 is 0 Å². The van der Waals surface area contributed by atoms with Crippen LogP contribution in [0.25, 0.3) is 17.0 Å². The monoisotopic (exact) mass is 407 g/mol. The number of anilines is 2. The molecule has 4 nitrogen and oxygen atoms in total. The molecule has 1 amide bonds. The van der Waals surface area contributed by atoms with Crippen LogP contribution in [0.15, 0.2) is 59.6 Å². The first kappa shape index (κ1) is 18.8. The molecule has 0 atom stereocenters. The molecule has 142 valence electrons. The Morgan fingerprint density at radius 2 is 1.82 bits per heavy atom. The van der Waals surface area contributed by atoms with E-state index in [2.05, 4.69) is 29.8 Å². The molecule has 0 aliphatic carbocycles. The largest absolute Gasteiger partial charge is 0.378 e. The van der Waals surface area contributed by atoms with Crippen LogP contribution < -0.4 is 9.80 Å². The highest BCUT2D eigenvalue weighted by atomic mass is 32.2. The Morgan fingerprint density at radius 3 is 2.50 bits per heavy atom. The number of carbonyl (C=O) groups excluding carboxylic acids is 1. The molecule has 3 aromatic rings. The molecule has 0 N–H and O–H groups in total. The maximum atomic E-state index is 13.1. The summed E-state index contributed by atoms with van der Waals surface area (Å²) in [4.78, 5) is 17.4. The van der Waals surface area contributed by atoms with E-state index in [1.165, 1.54) is 17.3 Å². The van der Waals surface area contributed by atoms with Gasteiger partial charge in [0.15, 0.2) is 4.32 Å². The number of aromatic nitrogens is 1. The summed E-state index contributed by atoms with van der Waals surface area (Å²) in [6.07, 6.45) is 4.06. The minimum Gasteiger partial charge on any atom is -0.378 e. The lowest BCUT2D eigenvalue weighted by molar-refractivity contribution is -0.113. The fourth-order valence-corrected chi connectivity index (χ4v) is 4.67. The Balaban J connectivity index is 1.69. The van der Waals surface area contributed by atoms with Crippen molar-refractivity contribution in [3.05, 3.63) is 65.2 Å². The summed E-state index contributed by atoms with van der Waals surface area (Å²) in [6.45, 7) is 3.00. The first-order valence-corrected chi connectivity index (χ1v) is 10.3. The lowest BCUT2D eigenvalue weighted by atomic mass is 10.1. The maximum absolute atomic E-state index is 13.1. The van der Waals surface area contributed by atoms with E-state index in [0.717, 1.165) is 28.9 Å². The van der Waals surface area contributed by atoms with Gasteiger partial charge in [-0.05, 0) is 43.3 Å². The van der Waals surface area contributed by atoms with Gasteiger partial charge < -0.3 is 9.47 Å². The SMILES string of the molecule is CCn1cc(/C=C2\SC(=S)N(c3ccc(N(C)C)cc3)C2=O)c2ccccc21. The molecule has 0 saturated carbocycles. The smallest absolute Gasteiger partial charge is 0.270 e. The van der Waals surface area contributed by atoms with E-state index in [0.29, 0.717) is 9.23 Å². The van der Waals surface area contributed by atoms with Crippen molar-refractivity contribution in [3.8, 4) is 0 Å². The number of thiocarbonyl (C=S) groups is 1. The topological polar surface area (TPSA) is 28.5 Å². The average Bonchev–Trinajstić information content (AvgIpc) is 3.19. The molecule has 1 aromatic heterocycles. The number of hydrogen-bond donors (Lipinski definition) is 0. The fraction of sp³-hybridized carbons (Fsp3) is 0.182. The van der Waals surface area contributed by atoms with Gasteiger partial charge in [-0.15, -0.1) is 0 Å². The molecule has 0 unspecified atom stereocenters. The van der Waals surface area contributed by atoms with Crippen molar-refractivity contribution in [3.63, 3.8) is 0 Å². The van der Waals surface area contributed by atoms with E-state index in [9.17, 15) is 4.79 Å². The second-order valence-electron chi connectivity index (χ2n) is 6.82. The highest BCUT2D eigenvalue weighted by Gasteiger charge is 2.33. The Kier molecular flexibility index (Phi) is 5.00.